The van der Waals surface area contributed by atoms with Crippen molar-refractivity contribution in [2.45, 2.75) is 19.6 Å². The first kappa shape index (κ1) is 17.6. The molecule has 0 radical (unpaired) electrons. The van der Waals surface area contributed by atoms with Gasteiger partial charge in [0.05, 0.1) is 0 Å². The maximum Gasteiger partial charge on any atom is 0.351 e. The number of ether oxygens (including phenoxy) is 1. The number of amides is 2. The Morgan fingerprint density at radius 2 is 2.04 bits per heavy atom. The predicted octanol–water partition coefficient (Wildman–Crippen LogP) is 1.77. The van der Waals surface area contributed by atoms with Crippen molar-refractivity contribution in [1.29, 1.82) is 0 Å². The molecule has 128 valence electrons. The van der Waals surface area contributed by atoms with E-state index in [1.807, 2.05) is 13.0 Å². The molecule has 2 amide bonds. The zero-order valence-electron chi connectivity index (χ0n) is 13.4. The average molecular weight is 331 g/mol. The highest BCUT2D eigenvalue weighted by molar-refractivity contribution is 5.99. The second-order valence-electron chi connectivity index (χ2n) is 5.01. The lowest BCUT2D eigenvalue weighted by molar-refractivity contribution is 0.00622. The molecule has 0 aliphatic carbocycles. The van der Waals surface area contributed by atoms with Gasteiger partial charge in [-0.1, -0.05) is 25.1 Å². The van der Waals surface area contributed by atoms with Gasteiger partial charge >= 0.3 is 11.7 Å². The molecule has 0 saturated carbocycles. The lowest BCUT2D eigenvalue weighted by Crippen LogP contribution is -2.33. The number of carbonyl (C=O) groups excluding carboxylic acids is 1. The van der Waals surface area contributed by atoms with Crippen LogP contribution in [0.2, 0.25) is 0 Å². The Morgan fingerprint density at radius 1 is 1.29 bits per heavy atom. The molecule has 0 saturated heterocycles. The SMILES string of the molecule is CCCOC(CN)n1ccc(NC(=O)Nc2ccccc2)nc1=O. The van der Waals surface area contributed by atoms with E-state index in [-0.39, 0.29) is 12.4 Å². The maximum absolute atomic E-state index is 12.1. The van der Waals surface area contributed by atoms with Gasteiger partial charge in [-0.05, 0) is 24.6 Å². The van der Waals surface area contributed by atoms with Crippen LogP contribution in [0.25, 0.3) is 0 Å². The Bertz CT molecular complexity index is 717. The molecule has 2 rings (SSSR count). The van der Waals surface area contributed by atoms with Gasteiger partial charge in [0.15, 0.2) is 0 Å². The molecule has 8 heteroatoms. The Hall–Kier alpha value is -2.71. The molecule has 4 N–H and O–H groups in total. The number of benzene rings is 1. The molecule has 1 aromatic heterocycles. The number of carbonyl (C=O) groups is 1. The van der Waals surface area contributed by atoms with Crippen LogP contribution in [-0.2, 0) is 4.74 Å². The fourth-order valence-electron chi connectivity index (χ4n) is 2.02. The molecule has 24 heavy (non-hydrogen) atoms. The van der Waals surface area contributed by atoms with Crippen LogP contribution in [0.5, 0.6) is 0 Å². The Morgan fingerprint density at radius 3 is 2.67 bits per heavy atom. The molecule has 8 nitrogen and oxygen atoms in total. The van der Waals surface area contributed by atoms with Crippen molar-refractivity contribution in [2.24, 2.45) is 5.73 Å². The third kappa shape index (κ3) is 4.90. The van der Waals surface area contributed by atoms with Crippen molar-refractivity contribution in [3.05, 3.63) is 53.1 Å². The van der Waals surface area contributed by atoms with Crippen LogP contribution in [0.15, 0.2) is 47.4 Å². The molecule has 0 spiro atoms. The smallest absolute Gasteiger partial charge is 0.351 e. The van der Waals surface area contributed by atoms with Gasteiger partial charge < -0.3 is 15.8 Å². The molecule has 0 aliphatic rings. The molecule has 0 bridgehead atoms. The number of nitrogens with two attached hydrogens (primary N) is 1. The number of hydrogen-bond donors (Lipinski definition) is 3. The molecule has 1 aromatic carbocycles. The summed E-state index contributed by atoms with van der Waals surface area (Å²) in [6, 6.07) is 9.99. The molecular weight excluding hydrogens is 310 g/mol. The van der Waals surface area contributed by atoms with Crippen molar-refractivity contribution < 1.29 is 9.53 Å². The van der Waals surface area contributed by atoms with Crippen molar-refractivity contribution in [1.82, 2.24) is 9.55 Å². The van der Waals surface area contributed by atoms with Crippen molar-refractivity contribution >= 4 is 17.5 Å². The second kappa shape index (κ2) is 8.80. The number of urea groups is 1. The van der Waals surface area contributed by atoms with E-state index in [1.165, 1.54) is 16.8 Å². The maximum atomic E-state index is 12.1. The highest BCUT2D eigenvalue weighted by Crippen LogP contribution is 2.08. The van der Waals surface area contributed by atoms with Gasteiger partial charge in [-0.2, -0.15) is 4.98 Å². The minimum Gasteiger partial charge on any atom is -0.357 e. The molecule has 1 unspecified atom stereocenters. The minimum absolute atomic E-state index is 0.149. The minimum atomic E-state index is -0.572. The molecular formula is C16H21N5O3. The summed E-state index contributed by atoms with van der Waals surface area (Å²) in [5.41, 5.74) is 5.72. The van der Waals surface area contributed by atoms with Crippen LogP contribution in [0.4, 0.5) is 16.3 Å². The number of nitrogens with one attached hydrogen (secondary N) is 2. The number of para-hydroxylation sites is 1. The summed E-state index contributed by atoms with van der Waals surface area (Å²) in [5, 5.41) is 5.15. The first-order valence-corrected chi connectivity index (χ1v) is 7.68. The van der Waals surface area contributed by atoms with Crippen molar-refractivity contribution in [3.8, 4) is 0 Å². The quantitative estimate of drug-likeness (QED) is 0.716. The van der Waals surface area contributed by atoms with E-state index in [4.69, 9.17) is 10.5 Å². The fraction of sp³-hybridized carbons (Fsp3) is 0.312. The van der Waals surface area contributed by atoms with E-state index >= 15 is 0 Å². The second-order valence-corrected chi connectivity index (χ2v) is 5.01. The van der Waals surface area contributed by atoms with Crippen LogP contribution in [0.1, 0.15) is 19.6 Å². The number of rotatable bonds is 7. The molecule has 1 atom stereocenters. The van der Waals surface area contributed by atoms with Gasteiger partial charge in [-0.3, -0.25) is 9.88 Å². The van der Waals surface area contributed by atoms with Gasteiger partial charge in [0.25, 0.3) is 0 Å². The number of anilines is 2. The summed E-state index contributed by atoms with van der Waals surface area (Å²) in [6.45, 7) is 2.61. The zero-order chi connectivity index (χ0) is 17.4. The Labute approximate surface area is 139 Å². The van der Waals surface area contributed by atoms with Crippen molar-refractivity contribution in [2.75, 3.05) is 23.8 Å². The van der Waals surface area contributed by atoms with E-state index in [1.54, 1.807) is 24.3 Å². The predicted molar refractivity (Wildman–Crippen MR) is 91.9 cm³/mol. The summed E-state index contributed by atoms with van der Waals surface area (Å²) in [4.78, 5) is 27.8. The van der Waals surface area contributed by atoms with Crippen LogP contribution < -0.4 is 22.1 Å². The van der Waals surface area contributed by atoms with Crippen LogP contribution in [0, 0.1) is 0 Å². The summed E-state index contributed by atoms with van der Waals surface area (Å²) in [7, 11) is 0. The van der Waals surface area contributed by atoms with Crippen molar-refractivity contribution in [3.63, 3.8) is 0 Å². The van der Waals surface area contributed by atoms with Gasteiger partial charge in [0.2, 0.25) is 0 Å². The van der Waals surface area contributed by atoms with E-state index in [9.17, 15) is 9.59 Å². The number of aromatic nitrogens is 2. The normalized spacial score (nSPS) is 11.8. The molecule has 1 heterocycles. The Balaban J connectivity index is 2.03. The van der Waals surface area contributed by atoms with E-state index in [2.05, 4.69) is 15.6 Å². The van der Waals surface area contributed by atoms with Crippen LogP contribution in [0.3, 0.4) is 0 Å². The molecule has 0 aliphatic heterocycles. The Kier molecular flexibility index (Phi) is 6.47. The zero-order valence-corrected chi connectivity index (χ0v) is 13.4. The first-order valence-electron chi connectivity index (χ1n) is 7.68. The lowest BCUT2D eigenvalue weighted by Gasteiger charge is -2.18. The largest absolute Gasteiger partial charge is 0.357 e. The van der Waals surface area contributed by atoms with Gasteiger partial charge in [-0.15, -0.1) is 0 Å². The summed E-state index contributed by atoms with van der Waals surface area (Å²) < 4.78 is 6.81. The highest BCUT2D eigenvalue weighted by Gasteiger charge is 2.12. The fourth-order valence-corrected chi connectivity index (χ4v) is 2.02. The monoisotopic (exact) mass is 331 g/mol. The van der Waals surface area contributed by atoms with E-state index in [0.717, 1.165) is 6.42 Å². The third-order valence-electron chi connectivity index (χ3n) is 3.13. The van der Waals surface area contributed by atoms with E-state index < -0.39 is 17.9 Å². The average Bonchev–Trinajstić information content (AvgIpc) is 2.57. The number of hydrogen-bond acceptors (Lipinski definition) is 5. The first-order chi connectivity index (χ1) is 11.6. The van der Waals surface area contributed by atoms with Gasteiger partial charge in [0.1, 0.15) is 12.0 Å². The van der Waals surface area contributed by atoms with Gasteiger partial charge in [0, 0.05) is 25.0 Å². The van der Waals surface area contributed by atoms with Crippen LogP contribution in [-0.4, -0.2) is 28.7 Å². The summed E-state index contributed by atoms with van der Waals surface area (Å²) in [5.74, 6) is 0.149. The summed E-state index contributed by atoms with van der Waals surface area (Å²) in [6.07, 6.45) is 1.75. The number of nitrogens with zero attached hydrogens (tertiary/aromatic N) is 2. The lowest BCUT2D eigenvalue weighted by atomic mass is 10.3. The van der Waals surface area contributed by atoms with E-state index in [0.29, 0.717) is 12.3 Å². The summed E-state index contributed by atoms with van der Waals surface area (Å²) >= 11 is 0. The molecule has 2 aromatic rings. The van der Waals surface area contributed by atoms with Crippen LogP contribution >= 0.6 is 0 Å². The van der Waals surface area contributed by atoms with Gasteiger partial charge in [-0.25, -0.2) is 9.59 Å². The molecule has 0 fully saturated rings. The standard InChI is InChI=1S/C16H21N5O3/c1-2-10-24-14(11-17)21-9-8-13(20-16(21)23)19-15(22)18-12-6-4-3-5-7-12/h3-9,14H,2,10-11,17H2,1H3,(H2,18,19,20,22,23). The highest BCUT2D eigenvalue weighted by atomic mass is 16.5. The topological polar surface area (TPSA) is 111 Å². The third-order valence-corrected chi connectivity index (χ3v) is 3.13.